The first-order valence-electron chi connectivity index (χ1n) is 5.74. The largest absolute Gasteiger partial charge is 0.488 e. The van der Waals surface area contributed by atoms with Crippen LogP contribution in [0.3, 0.4) is 0 Å². The van der Waals surface area contributed by atoms with Crippen LogP contribution in [0.25, 0.3) is 0 Å². The fourth-order valence-electron chi connectivity index (χ4n) is 1.59. The van der Waals surface area contributed by atoms with Gasteiger partial charge in [0.1, 0.15) is 29.0 Å². The molecule has 110 valence electrons. The van der Waals surface area contributed by atoms with E-state index < -0.39 is 11.6 Å². The Kier molecular flexibility index (Phi) is 5.13. The summed E-state index contributed by atoms with van der Waals surface area (Å²) in [5.41, 5.74) is 6.16. The van der Waals surface area contributed by atoms with E-state index in [1.807, 2.05) is 0 Å². The second-order valence-electron chi connectivity index (χ2n) is 4.16. The molecule has 2 aromatic carbocycles. The van der Waals surface area contributed by atoms with Gasteiger partial charge in [-0.1, -0.05) is 36.0 Å². The van der Waals surface area contributed by atoms with E-state index in [0.29, 0.717) is 15.6 Å². The van der Waals surface area contributed by atoms with Gasteiger partial charge in [0.2, 0.25) is 0 Å². The summed E-state index contributed by atoms with van der Waals surface area (Å²) in [6.07, 6.45) is 0. The summed E-state index contributed by atoms with van der Waals surface area (Å²) in [6, 6.07) is 6.86. The number of hydrogen-bond acceptors (Lipinski definition) is 2. The molecule has 0 saturated carbocycles. The standard InChI is InChI=1S/C14H9BrClF2NOS/c15-9-4-10(16)12(18)5-13(9)20-6-8-2-1-7(14(19)21)3-11(8)17/h1-5H,6H2,(H2,19,21). The molecule has 0 aliphatic rings. The van der Waals surface area contributed by atoms with Gasteiger partial charge < -0.3 is 10.5 Å². The third kappa shape index (κ3) is 3.90. The van der Waals surface area contributed by atoms with Crippen LogP contribution in [0.2, 0.25) is 5.02 Å². The number of rotatable bonds is 4. The van der Waals surface area contributed by atoms with E-state index in [1.54, 1.807) is 6.07 Å². The maximum Gasteiger partial charge on any atom is 0.145 e. The second kappa shape index (κ2) is 6.68. The third-order valence-electron chi connectivity index (χ3n) is 2.70. The Hall–Kier alpha value is -1.24. The SMILES string of the molecule is NC(=S)c1ccc(COc2cc(F)c(Cl)cc2Br)c(F)c1. The summed E-state index contributed by atoms with van der Waals surface area (Å²) in [5, 5.41) is -0.0267. The summed E-state index contributed by atoms with van der Waals surface area (Å²) in [5.74, 6) is -0.875. The lowest BCUT2D eigenvalue weighted by atomic mass is 10.1. The lowest BCUT2D eigenvalue weighted by molar-refractivity contribution is 0.296. The molecule has 0 unspecified atom stereocenters. The summed E-state index contributed by atoms with van der Waals surface area (Å²) in [4.78, 5) is 0.115. The van der Waals surface area contributed by atoms with Gasteiger partial charge in [-0.3, -0.25) is 0 Å². The minimum absolute atomic E-state index is 0.0267. The Balaban J connectivity index is 2.17. The van der Waals surface area contributed by atoms with E-state index in [2.05, 4.69) is 15.9 Å². The van der Waals surface area contributed by atoms with Gasteiger partial charge in [-0.15, -0.1) is 0 Å². The summed E-state index contributed by atoms with van der Waals surface area (Å²) in [6.45, 7) is -0.0664. The van der Waals surface area contributed by atoms with Gasteiger partial charge in [0.05, 0.1) is 9.50 Å². The fraction of sp³-hybridized carbons (Fsp3) is 0.0714. The molecule has 0 bridgehead atoms. The van der Waals surface area contributed by atoms with Crippen molar-refractivity contribution in [1.29, 1.82) is 0 Å². The molecule has 0 amide bonds. The molecule has 0 spiro atoms. The number of ether oxygens (including phenoxy) is 1. The minimum atomic E-state index is -0.612. The zero-order chi connectivity index (χ0) is 15.6. The molecule has 2 nitrogen and oxygen atoms in total. The Bertz CT molecular complexity index is 712. The van der Waals surface area contributed by atoms with Crippen molar-refractivity contribution in [3.05, 3.63) is 62.6 Å². The summed E-state index contributed by atoms with van der Waals surface area (Å²) < 4.78 is 33.1. The Morgan fingerprint density at radius 3 is 2.57 bits per heavy atom. The zero-order valence-electron chi connectivity index (χ0n) is 10.5. The van der Waals surface area contributed by atoms with Crippen molar-refractivity contribution in [2.24, 2.45) is 5.73 Å². The highest BCUT2D eigenvalue weighted by Crippen LogP contribution is 2.31. The van der Waals surface area contributed by atoms with Crippen LogP contribution >= 0.6 is 39.7 Å². The van der Waals surface area contributed by atoms with Crippen LogP contribution in [-0.4, -0.2) is 4.99 Å². The van der Waals surface area contributed by atoms with Gasteiger partial charge >= 0.3 is 0 Å². The first kappa shape index (κ1) is 16.1. The minimum Gasteiger partial charge on any atom is -0.488 e. The molecule has 21 heavy (non-hydrogen) atoms. The molecule has 0 aromatic heterocycles. The zero-order valence-corrected chi connectivity index (χ0v) is 13.7. The van der Waals surface area contributed by atoms with Crippen molar-refractivity contribution in [3.8, 4) is 5.75 Å². The molecule has 0 aliphatic carbocycles. The van der Waals surface area contributed by atoms with Gasteiger partial charge in [-0.05, 0) is 28.1 Å². The van der Waals surface area contributed by atoms with E-state index in [1.165, 1.54) is 18.2 Å². The summed E-state index contributed by atoms with van der Waals surface area (Å²) in [7, 11) is 0. The van der Waals surface area contributed by atoms with E-state index in [-0.39, 0.29) is 22.4 Å². The van der Waals surface area contributed by atoms with Crippen LogP contribution in [0.15, 0.2) is 34.8 Å². The topological polar surface area (TPSA) is 35.2 Å². The highest BCUT2D eigenvalue weighted by molar-refractivity contribution is 9.10. The first-order chi connectivity index (χ1) is 9.88. The normalized spacial score (nSPS) is 10.5. The maximum absolute atomic E-state index is 13.9. The third-order valence-corrected chi connectivity index (χ3v) is 3.84. The van der Waals surface area contributed by atoms with E-state index in [4.69, 9.17) is 34.3 Å². The van der Waals surface area contributed by atoms with Crippen molar-refractivity contribution >= 4 is 44.7 Å². The van der Waals surface area contributed by atoms with Gasteiger partial charge in [0.25, 0.3) is 0 Å². The smallest absolute Gasteiger partial charge is 0.145 e. The Labute approximate surface area is 139 Å². The number of thiocarbonyl (C=S) groups is 1. The van der Waals surface area contributed by atoms with Crippen molar-refractivity contribution in [1.82, 2.24) is 0 Å². The van der Waals surface area contributed by atoms with Gasteiger partial charge in [-0.25, -0.2) is 8.78 Å². The summed E-state index contributed by atoms with van der Waals surface area (Å²) >= 11 is 13.6. The molecule has 0 heterocycles. The number of benzene rings is 2. The first-order valence-corrected chi connectivity index (χ1v) is 7.32. The molecule has 0 aliphatic heterocycles. The molecule has 0 fully saturated rings. The number of nitrogens with two attached hydrogens (primary N) is 1. The molecule has 2 rings (SSSR count). The fourth-order valence-corrected chi connectivity index (χ4v) is 2.47. The molecule has 0 radical (unpaired) electrons. The van der Waals surface area contributed by atoms with Crippen LogP contribution in [0.5, 0.6) is 5.75 Å². The Morgan fingerprint density at radius 2 is 1.95 bits per heavy atom. The number of halogens is 4. The van der Waals surface area contributed by atoms with Crippen LogP contribution in [-0.2, 0) is 6.61 Å². The second-order valence-corrected chi connectivity index (χ2v) is 5.86. The molecule has 0 saturated heterocycles. The lowest BCUT2D eigenvalue weighted by Crippen LogP contribution is -2.10. The van der Waals surface area contributed by atoms with Crippen molar-refractivity contribution in [2.75, 3.05) is 0 Å². The molecular weight excluding hydrogens is 384 g/mol. The van der Waals surface area contributed by atoms with E-state index >= 15 is 0 Å². The van der Waals surface area contributed by atoms with Crippen LogP contribution < -0.4 is 10.5 Å². The van der Waals surface area contributed by atoms with E-state index in [9.17, 15) is 8.78 Å². The average molecular weight is 393 g/mol. The molecule has 2 N–H and O–H groups in total. The maximum atomic E-state index is 13.9. The quantitative estimate of drug-likeness (QED) is 0.610. The molecular formula is C14H9BrClF2NOS. The van der Waals surface area contributed by atoms with Crippen LogP contribution in [0.4, 0.5) is 8.78 Å². The predicted molar refractivity (Wildman–Crippen MR) is 85.7 cm³/mol. The molecule has 0 atom stereocenters. The van der Waals surface area contributed by atoms with Gasteiger partial charge in [-0.2, -0.15) is 0 Å². The lowest BCUT2D eigenvalue weighted by Gasteiger charge is -2.10. The highest BCUT2D eigenvalue weighted by atomic mass is 79.9. The van der Waals surface area contributed by atoms with E-state index in [0.717, 1.165) is 6.07 Å². The van der Waals surface area contributed by atoms with Crippen LogP contribution in [0.1, 0.15) is 11.1 Å². The van der Waals surface area contributed by atoms with Gasteiger partial charge in [0, 0.05) is 17.2 Å². The molecule has 7 heteroatoms. The number of hydrogen-bond donors (Lipinski definition) is 1. The van der Waals surface area contributed by atoms with Crippen molar-refractivity contribution in [3.63, 3.8) is 0 Å². The van der Waals surface area contributed by atoms with Crippen LogP contribution in [0, 0.1) is 11.6 Å². The van der Waals surface area contributed by atoms with Crippen molar-refractivity contribution < 1.29 is 13.5 Å². The predicted octanol–water partition coefficient (Wildman–Crippen LogP) is 4.59. The monoisotopic (exact) mass is 391 g/mol. The van der Waals surface area contributed by atoms with Crippen molar-refractivity contribution in [2.45, 2.75) is 6.61 Å². The average Bonchev–Trinajstić information content (AvgIpc) is 2.42. The Morgan fingerprint density at radius 1 is 1.24 bits per heavy atom. The molecule has 2 aromatic rings. The highest BCUT2D eigenvalue weighted by Gasteiger charge is 2.10. The van der Waals surface area contributed by atoms with Gasteiger partial charge in [0.15, 0.2) is 0 Å².